The van der Waals surface area contributed by atoms with E-state index in [1.165, 1.54) is 11.3 Å². The third-order valence-corrected chi connectivity index (χ3v) is 4.39. The van der Waals surface area contributed by atoms with Crippen LogP contribution in [-0.2, 0) is 6.42 Å². The summed E-state index contributed by atoms with van der Waals surface area (Å²) in [5.74, 6) is 0. The van der Waals surface area contributed by atoms with Gasteiger partial charge in [0, 0.05) is 33.5 Å². The van der Waals surface area contributed by atoms with Gasteiger partial charge >= 0.3 is 0 Å². The molecular formula is C18H12BrClN2. The molecule has 0 saturated carbocycles. The lowest BCUT2D eigenvalue weighted by Gasteiger charge is -2.10. The lowest BCUT2D eigenvalue weighted by atomic mass is 10.1. The Balaban J connectivity index is 1.93. The number of rotatable bonds is 3. The van der Waals surface area contributed by atoms with Gasteiger partial charge in [0.25, 0.3) is 0 Å². The maximum Gasteiger partial charge on any atom is 0.100 e. The van der Waals surface area contributed by atoms with Gasteiger partial charge in [-0.2, -0.15) is 5.26 Å². The predicted octanol–water partition coefficient (Wildman–Crippen LogP) is 5.36. The lowest BCUT2D eigenvalue weighted by molar-refractivity contribution is 0.958. The van der Waals surface area contributed by atoms with E-state index in [9.17, 15) is 0 Å². The first-order valence-corrected chi connectivity index (χ1v) is 7.95. The highest BCUT2D eigenvalue weighted by molar-refractivity contribution is 9.10. The van der Waals surface area contributed by atoms with Crippen molar-refractivity contribution < 1.29 is 0 Å². The van der Waals surface area contributed by atoms with Crippen LogP contribution >= 0.6 is 27.5 Å². The summed E-state index contributed by atoms with van der Waals surface area (Å²) < 4.78 is 2.93. The van der Waals surface area contributed by atoms with Gasteiger partial charge in [0.2, 0.25) is 0 Å². The summed E-state index contributed by atoms with van der Waals surface area (Å²) in [5, 5.41) is 9.76. The van der Waals surface area contributed by atoms with E-state index in [0.717, 1.165) is 21.6 Å². The Morgan fingerprint density at radius 1 is 1.09 bits per heavy atom. The second kappa shape index (κ2) is 6.39. The fourth-order valence-electron chi connectivity index (χ4n) is 2.37. The highest BCUT2D eigenvalue weighted by Gasteiger charge is 2.07. The smallest absolute Gasteiger partial charge is 0.100 e. The zero-order chi connectivity index (χ0) is 15.5. The van der Waals surface area contributed by atoms with Gasteiger partial charge in [-0.05, 0) is 64.0 Å². The molecule has 0 N–H and O–H groups in total. The molecule has 1 heterocycles. The number of hydrogen-bond donors (Lipinski definition) is 0. The fraction of sp³-hybridized carbons (Fsp3) is 0.0556. The van der Waals surface area contributed by atoms with Crippen LogP contribution in [0.5, 0.6) is 0 Å². The van der Waals surface area contributed by atoms with Gasteiger partial charge in [-0.15, -0.1) is 0 Å². The molecular weight excluding hydrogens is 360 g/mol. The largest absolute Gasteiger partial charge is 0.321 e. The third-order valence-electron chi connectivity index (χ3n) is 3.48. The zero-order valence-corrected chi connectivity index (χ0v) is 14.0. The van der Waals surface area contributed by atoms with E-state index in [2.05, 4.69) is 32.6 Å². The summed E-state index contributed by atoms with van der Waals surface area (Å²) in [4.78, 5) is 0. The Morgan fingerprint density at radius 3 is 2.55 bits per heavy atom. The molecule has 0 unspecified atom stereocenters. The second-order valence-corrected chi connectivity index (χ2v) is 6.24. The van der Waals surface area contributed by atoms with E-state index >= 15 is 0 Å². The topological polar surface area (TPSA) is 28.7 Å². The summed E-state index contributed by atoms with van der Waals surface area (Å²) in [5.41, 5.74) is 4.05. The molecule has 0 spiro atoms. The average Bonchev–Trinajstić information content (AvgIpc) is 2.97. The Kier molecular flexibility index (Phi) is 4.33. The fourth-order valence-corrected chi connectivity index (χ4v) is 2.95. The minimum Gasteiger partial charge on any atom is -0.321 e. The van der Waals surface area contributed by atoms with Crippen LogP contribution in [0.15, 0.2) is 65.3 Å². The molecule has 22 heavy (non-hydrogen) atoms. The van der Waals surface area contributed by atoms with Crippen molar-refractivity contribution in [3.8, 4) is 11.8 Å². The van der Waals surface area contributed by atoms with Crippen molar-refractivity contribution in [3.63, 3.8) is 0 Å². The number of nitriles is 1. The predicted molar refractivity (Wildman–Crippen MR) is 92.4 cm³/mol. The van der Waals surface area contributed by atoms with E-state index in [-0.39, 0.29) is 0 Å². The molecule has 3 rings (SSSR count). The van der Waals surface area contributed by atoms with Crippen LogP contribution in [0.3, 0.4) is 0 Å². The SMILES string of the molecule is N#Cc1ccc(-n2cccc2Cc2ccc(Cl)cc2)cc1Br. The summed E-state index contributed by atoms with van der Waals surface area (Å²) in [6, 6.07) is 19.9. The molecule has 2 aromatic carbocycles. The molecule has 108 valence electrons. The standard InChI is InChI=1S/C18H12BrClN2/c19-18-11-17(8-5-14(18)12-21)22-9-1-2-16(22)10-13-3-6-15(20)7-4-13/h1-9,11H,10H2. The molecule has 0 aliphatic carbocycles. The quantitative estimate of drug-likeness (QED) is 0.609. The Morgan fingerprint density at radius 2 is 1.86 bits per heavy atom. The van der Waals surface area contributed by atoms with Crippen molar-refractivity contribution in [2.24, 2.45) is 0 Å². The van der Waals surface area contributed by atoms with Gasteiger partial charge < -0.3 is 4.57 Å². The minimum atomic E-state index is 0.634. The average molecular weight is 372 g/mol. The van der Waals surface area contributed by atoms with Crippen molar-refractivity contribution in [1.82, 2.24) is 4.57 Å². The maximum absolute atomic E-state index is 9.01. The first-order valence-electron chi connectivity index (χ1n) is 6.78. The van der Waals surface area contributed by atoms with Crippen LogP contribution < -0.4 is 0 Å². The number of halogens is 2. The van der Waals surface area contributed by atoms with E-state index < -0.39 is 0 Å². The van der Waals surface area contributed by atoms with Crippen molar-refractivity contribution >= 4 is 27.5 Å². The number of benzene rings is 2. The highest BCUT2D eigenvalue weighted by atomic mass is 79.9. The van der Waals surface area contributed by atoms with Gasteiger partial charge in [-0.1, -0.05) is 23.7 Å². The van der Waals surface area contributed by atoms with Crippen LogP contribution in [0.1, 0.15) is 16.8 Å². The Bertz CT molecular complexity index is 844. The minimum absolute atomic E-state index is 0.634. The van der Waals surface area contributed by atoms with Gasteiger partial charge in [-0.25, -0.2) is 0 Å². The number of hydrogen-bond acceptors (Lipinski definition) is 1. The molecule has 0 bridgehead atoms. The molecule has 0 saturated heterocycles. The van der Waals surface area contributed by atoms with Gasteiger partial charge in [0.05, 0.1) is 5.56 Å². The molecule has 3 aromatic rings. The van der Waals surface area contributed by atoms with Crippen molar-refractivity contribution in [2.75, 3.05) is 0 Å². The second-order valence-electron chi connectivity index (χ2n) is 4.95. The molecule has 4 heteroatoms. The van der Waals surface area contributed by atoms with E-state index in [4.69, 9.17) is 16.9 Å². The highest BCUT2D eigenvalue weighted by Crippen LogP contribution is 2.23. The van der Waals surface area contributed by atoms with E-state index in [1.807, 2.05) is 54.7 Å². The van der Waals surface area contributed by atoms with Crippen LogP contribution in [0.2, 0.25) is 5.02 Å². The monoisotopic (exact) mass is 370 g/mol. The van der Waals surface area contributed by atoms with Gasteiger partial charge in [0.15, 0.2) is 0 Å². The summed E-state index contributed by atoms with van der Waals surface area (Å²) in [6.07, 6.45) is 2.85. The van der Waals surface area contributed by atoms with E-state index in [1.54, 1.807) is 0 Å². The lowest BCUT2D eigenvalue weighted by Crippen LogP contribution is -2.00. The molecule has 0 aliphatic heterocycles. The van der Waals surface area contributed by atoms with Crippen molar-refractivity contribution in [1.29, 1.82) is 5.26 Å². The Labute approximate surface area is 142 Å². The molecule has 2 nitrogen and oxygen atoms in total. The number of aromatic nitrogens is 1. The van der Waals surface area contributed by atoms with Crippen molar-refractivity contribution in [2.45, 2.75) is 6.42 Å². The summed E-state index contributed by atoms with van der Waals surface area (Å²) in [6.45, 7) is 0. The molecule has 0 atom stereocenters. The first-order chi connectivity index (χ1) is 10.7. The summed E-state index contributed by atoms with van der Waals surface area (Å²) >= 11 is 9.37. The zero-order valence-electron chi connectivity index (χ0n) is 11.6. The normalized spacial score (nSPS) is 10.4. The van der Waals surface area contributed by atoms with Crippen LogP contribution in [0.4, 0.5) is 0 Å². The summed E-state index contributed by atoms with van der Waals surface area (Å²) in [7, 11) is 0. The van der Waals surface area contributed by atoms with Gasteiger partial charge in [-0.3, -0.25) is 0 Å². The molecule has 0 fully saturated rings. The Hall–Kier alpha value is -2.02. The third kappa shape index (κ3) is 3.09. The van der Waals surface area contributed by atoms with Crippen LogP contribution in [0, 0.1) is 11.3 Å². The molecule has 1 aromatic heterocycles. The van der Waals surface area contributed by atoms with Crippen molar-refractivity contribution in [3.05, 3.63) is 87.1 Å². The van der Waals surface area contributed by atoms with Crippen LogP contribution in [-0.4, -0.2) is 4.57 Å². The maximum atomic E-state index is 9.01. The molecule has 0 radical (unpaired) electrons. The first kappa shape index (κ1) is 14.9. The molecule has 0 amide bonds. The van der Waals surface area contributed by atoms with E-state index in [0.29, 0.717) is 5.56 Å². The van der Waals surface area contributed by atoms with Crippen LogP contribution in [0.25, 0.3) is 5.69 Å². The van der Waals surface area contributed by atoms with Gasteiger partial charge in [0.1, 0.15) is 6.07 Å². The number of nitrogens with zero attached hydrogens (tertiary/aromatic N) is 2. The molecule has 0 aliphatic rings.